The zero-order valence-corrected chi connectivity index (χ0v) is 22.1. The zero-order valence-electron chi connectivity index (χ0n) is 21.3. The molecular weight excluding hydrogens is 516 g/mol. The molecule has 0 radical (unpaired) electrons. The van der Waals surface area contributed by atoms with Crippen molar-refractivity contribution in [3.05, 3.63) is 119 Å². The van der Waals surface area contributed by atoms with Gasteiger partial charge in [-0.05, 0) is 65.2 Å². The number of nitrogens with zero attached hydrogens (tertiary/aromatic N) is 1. The number of carbonyl (C=O) groups is 2. The topological polar surface area (TPSA) is 77.1 Å². The first-order chi connectivity index (χ1) is 19.0. The van der Waals surface area contributed by atoms with Gasteiger partial charge in [-0.1, -0.05) is 60.1 Å². The van der Waals surface area contributed by atoms with Crippen LogP contribution < -0.4 is 19.5 Å². The van der Waals surface area contributed by atoms with E-state index in [0.717, 1.165) is 11.1 Å². The highest BCUT2D eigenvalue weighted by Crippen LogP contribution is 2.37. The summed E-state index contributed by atoms with van der Waals surface area (Å²) in [5, 5.41) is 3.56. The molecular formula is C31H27ClN2O5. The molecule has 0 saturated carbocycles. The van der Waals surface area contributed by atoms with Gasteiger partial charge < -0.3 is 24.4 Å². The first-order valence-corrected chi connectivity index (χ1v) is 12.8. The van der Waals surface area contributed by atoms with Gasteiger partial charge in [0.2, 0.25) is 12.7 Å². The van der Waals surface area contributed by atoms with Crippen LogP contribution in [0.2, 0.25) is 5.02 Å². The van der Waals surface area contributed by atoms with Crippen LogP contribution >= 0.6 is 11.6 Å². The second kappa shape index (κ2) is 11.9. The van der Waals surface area contributed by atoms with Crippen molar-refractivity contribution >= 4 is 29.1 Å². The number of rotatable bonds is 9. The standard InChI is InChI=1S/C31H27ClN2O5/c1-37-26-14-12-25(13-15-26)33-31(36)30(23-9-16-27-28(18-23)39-20-38-27)34(19-22-7-10-24(32)11-8-22)29(35)17-21-5-3-2-4-6-21/h2-16,18,30H,17,19-20H2,1H3,(H,33,36)/t30-/m0/s1. The van der Waals surface area contributed by atoms with Gasteiger partial charge in [0, 0.05) is 17.3 Å². The molecule has 5 rings (SSSR count). The SMILES string of the molecule is COc1ccc(NC(=O)[C@H](c2ccc3c(c2)OCO3)N(Cc2ccc(Cl)cc2)C(=O)Cc2ccccc2)cc1. The van der Waals surface area contributed by atoms with Crippen molar-refractivity contribution in [1.82, 2.24) is 4.90 Å². The molecule has 1 aliphatic heterocycles. The van der Waals surface area contributed by atoms with E-state index in [-0.39, 0.29) is 31.6 Å². The Labute approximate surface area is 231 Å². The highest BCUT2D eigenvalue weighted by molar-refractivity contribution is 6.30. The predicted octanol–water partition coefficient (Wildman–Crippen LogP) is 6.03. The van der Waals surface area contributed by atoms with Gasteiger partial charge in [-0.2, -0.15) is 0 Å². The average Bonchev–Trinajstić information content (AvgIpc) is 3.43. The monoisotopic (exact) mass is 542 g/mol. The number of nitrogens with one attached hydrogen (secondary N) is 1. The zero-order chi connectivity index (χ0) is 27.2. The van der Waals surface area contributed by atoms with Gasteiger partial charge in [-0.3, -0.25) is 9.59 Å². The summed E-state index contributed by atoms with van der Waals surface area (Å²) in [5.74, 6) is 1.21. The van der Waals surface area contributed by atoms with E-state index in [1.54, 1.807) is 66.6 Å². The van der Waals surface area contributed by atoms with Gasteiger partial charge >= 0.3 is 0 Å². The molecule has 8 heteroatoms. The molecule has 0 fully saturated rings. The third kappa shape index (κ3) is 6.33. The molecule has 198 valence electrons. The number of halogens is 1. The van der Waals surface area contributed by atoms with E-state index >= 15 is 0 Å². The summed E-state index contributed by atoms with van der Waals surface area (Å²) in [6.07, 6.45) is 0.130. The number of methoxy groups -OCH3 is 1. The van der Waals surface area contributed by atoms with E-state index in [2.05, 4.69) is 5.32 Å². The van der Waals surface area contributed by atoms with Gasteiger partial charge in [0.1, 0.15) is 11.8 Å². The van der Waals surface area contributed by atoms with E-state index in [4.69, 9.17) is 25.8 Å². The molecule has 2 amide bonds. The number of amides is 2. The first-order valence-electron chi connectivity index (χ1n) is 12.4. The van der Waals surface area contributed by atoms with Crippen LogP contribution in [0, 0.1) is 0 Å². The fourth-order valence-corrected chi connectivity index (χ4v) is 4.55. The lowest BCUT2D eigenvalue weighted by Gasteiger charge is -2.32. The van der Waals surface area contributed by atoms with Crippen molar-refractivity contribution in [2.24, 2.45) is 0 Å². The Morgan fingerprint density at radius 1 is 0.897 bits per heavy atom. The van der Waals surface area contributed by atoms with Crippen LogP contribution in [0.25, 0.3) is 0 Å². The molecule has 4 aromatic rings. The number of anilines is 1. The minimum atomic E-state index is -0.964. The van der Waals surface area contributed by atoms with Crippen LogP contribution in [0.1, 0.15) is 22.7 Å². The molecule has 7 nitrogen and oxygen atoms in total. The second-order valence-corrected chi connectivity index (χ2v) is 9.48. The Balaban J connectivity index is 1.54. The lowest BCUT2D eigenvalue weighted by atomic mass is 10.0. The second-order valence-electron chi connectivity index (χ2n) is 9.04. The minimum absolute atomic E-state index is 0.100. The molecule has 0 aromatic heterocycles. The first kappa shape index (κ1) is 26.1. The molecule has 0 spiro atoms. The third-order valence-corrected chi connectivity index (χ3v) is 6.67. The van der Waals surface area contributed by atoms with E-state index in [1.165, 1.54) is 0 Å². The fraction of sp³-hybridized carbons (Fsp3) is 0.161. The quantitative estimate of drug-likeness (QED) is 0.279. The van der Waals surface area contributed by atoms with Crippen LogP contribution in [-0.4, -0.2) is 30.6 Å². The van der Waals surface area contributed by atoms with Crippen molar-refractivity contribution in [2.45, 2.75) is 19.0 Å². The summed E-state index contributed by atoms with van der Waals surface area (Å²) in [4.78, 5) is 29.5. The molecule has 39 heavy (non-hydrogen) atoms. The van der Waals surface area contributed by atoms with Gasteiger partial charge in [-0.15, -0.1) is 0 Å². The Morgan fingerprint density at radius 3 is 2.33 bits per heavy atom. The molecule has 1 aliphatic rings. The van der Waals surface area contributed by atoms with Gasteiger partial charge in [0.25, 0.3) is 5.91 Å². The van der Waals surface area contributed by atoms with Gasteiger partial charge in [-0.25, -0.2) is 0 Å². The summed E-state index contributed by atoms with van der Waals surface area (Å²) in [5.41, 5.74) is 2.86. The van der Waals surface area contributed by atoms with Crippen LogP contribution in [0.3, 0.4) is 0 Å². The highest BCUT2D eigenvalue weighted by Gasteiger charge is 2.33. The summed E-state index contributed by atoms with van der Waals surface area (Å²) in [6, 6.07) is 28.1. The van der Waals surface area contributed by atoms with Gasteiger partial charge in [0.15, 0.2) is 11.5 Å². The predicted molar refractivity (Wildman–Crippen MR) is 149 cm³/mol. The summed E-state index contributed by atoms with van der Waals surface area (Å²) < 4.78 is 16.3. The molecule has 4 aromatic carbocycles. The normalized spacial score (nSPS) is 12.5. The number of ether oxygens (including phenoxy) is 3. The van der Waals surface area contributed by atoms with E-state index < -0.39 is 6.04 Å². The number of benzene rings is 4. The molecule has 0 aliphatic carbocycles. The van der Waals surface area contributed by atoms with Crippen LogP contribution in [0.5, 0.6) is 17.2 Å². The van der Waals surface area contributed by atoms with E-state index in [1.807, 2.05) is 42.5 Å². The van der Waals surface area contributed by atoms with Crippen molar-refractivity contribution in [1.29, 1.82) is 0 Å². The Hall–Kier alpha value is -4.49. The van der Waals surface area contributed by atoms with Crippen molar-refractivity contribution < 1.29 is 23.8 Å². The Bertz CT molecular complexity index is 1440. The van der Waals surface area contributed by atoms with Crippen LogP contribution in [-0.2, 0) is 22.6 Å². The van der Waals surface area contributed by atoms with E-state index in [0.29, 0.717) is 33.5 Å². The van der Waals surface area contributed by atoms with E-state index in [9.17, 15) is 9.59 Å². The maximum absolute atomic E-state index is 14.0. The molecule has 1 heterocycles. The van der Waals surface area contributed by atoms with Crippen molar-refractivity contribution in [2.75, 3.05) is 19.2 Å². The fourth-order valence-electron chi connectivity index (χ4n) is 4.42. The van der Waals surface area contributed by atoms with Crippen molar-refractivity contribution in [3.63, 3.8) is 0 Å². The number of hydrogen-bond donors (Lipinski definition) is 1. The Kier molecular flexibility index (Phi) is 7.99. The van der Waals surface area contributed by atoms with Gasteiger partial charge in [0.05, 0.1) is 13.5 Å². The third-order valence-electron chi connectivity index (χ3n) is 6.41. The average molecular weight is 543 g/mol. The molecule has 0 saturated heterocycles. The lowest BCUT2D eigenvalue weighted by Crippen LogP contribution is -2.41. The summed E-state index contributed by atoms with van der Waals surface area (Å²) in [6.45, 7) is 0.293. The number of carbonyl (C=O) groups excluding carboxylic acids is 2. The molecule has 0 unspecified atom stereocenters. The minimum Gasteiger partial charge on any atom is -0.497 e. The highest BCUT2D eigenvalue weighted by atomic mass is 35.5. The Morgan fingerprint density at radius 2 is 1.62 bits per heavy atom. The molecule has 1 atom stereocenters. The van der Waals surface area contributed by atoms with Crippen molar-refractivity contribution in [3.8, 4) is 17.2 Å². The number of fused-ring (bicyclic) bond motifs is 1. The largest absolute Gasteiger partial charge is 0.497 e. The summed E-state index contributed by atoms with van der Waals surface area (Å²) in [7, 11) is 1.58. The molecule has 1 N–H and O–H groups in total. The lowest BCUT2D eigenvalue weighted by molar-refractivity contribution is -0.139. The number of hydrogen-bond acceptors (Lipinski definition) is 5. The molecule has 0 bridgehead atoms. The van der Waals surface area contributed by atoms with Crippen LogP contribution in [0.4, 0.5) is 5.69 Å². The van der Waals surface area contributed by atoms with Crippen LogP contribution in [0.15, 0.2) is 97.1 Å². The summed E-state index contributed by atoms with van der Waals surface area (Å²) >= 11 is 6.11. The smallest absolute Gasteiger partial charge is 0.251 e. The maximum atomic E-state index is 14.0. The maximum Gasteiger partial charge on any atom is 0.251 e.